The van der Waals surface area contributed by atoms with Crippen molar-refractivity contribution in [2.24, 2.45) is 11.3 Å². The lowest BCUT2D eigenvalue weighted by molar-refractivity contribution is -0.145. The van der Waals surface area contributed by atoms with Gasteiger partial charge in [0.15, 0.2) is 0 Å². The second-order valence-corrected chi connectivity index (χ2v) is 6.01. The maximum absolute atomic E-state index is 11.3. The first kappa shape index (κ1) is 14.7. The standard InChI is InChI=1S/C14H24N2O2/c1-6-10(2)16-8-7-11(15-16)9-12(13(17)18)14(3,4)5/h7-8,10,12H,6,9H2,1-5H3,(H,17,18). The van der Waals surface area contributed by atoms with Gasteiger partial charge in [0.25, 0.3) is 0 Å². The van der Waals surface area contributed by atoms with Crippen LogP contribution in [0.2, 0.25) is 0 Å². The molecule has 0 aliphatic carbocycles. The van der Waals surface area contributed by atoms with Crippen LogP contribution in [0, 0.1) is 11.3 Å². The number of aliphatic carboxylic acids is 1. The van der Waals surface area contributed by atoms with Gasteiger partial charge in [-0.05, 0) is 24.8 Å². The van der Waals surface area contributed by atoms with Crippen molar-refractivity contribution in [3.05, 3.63) is 18.0 Å². The van der Waals surface area contributed by atoms with Crippen molar-refractivity contribution < 1.29 is 9.90 Å². The lowest BCUT2D eigenvalue weighted by Crippen LogP contribution is -2.30. The summed E-state index contributed by atoms with van der Waals surface area (Å²) in [5.41, 5.74) is 0.601. The van der Waals surface area contributed by atoms with Crippen molar-refractivity contribution in [3.63, 3.8) is 0 Å². The molecule has 0 amide bonds. The SMILES string of the molecule is CCC(C)n1ccc(CC(C(=O)O)C(C)(C)C)n1. The quantitative estimate of drug-likeness (QED) is 0.875. The number of hydrogen-bond acceptors (Lipinski definition) is 2. The van der Waals surface area contributed by atoms with E-state index in [0.717, 1.165) is 12.1 Å². The Balaban J connectivity index is 2.83. The molecule has 1 aromatic heterocycles. The number of aromatic nitrogens is 2. The summed E-state index contributed by atoms with van der Waals surface area (Å²) in [6.45, 7) is 10.1. The highest BCUT2D eigenvalue weighted by atomic mass is 16.4. The molecule has 0 aliphatic heterocycles. The zero-order chi connectivity index (χ0) is 13.9. The monoisotopic (exact) mass is 252 g/mol. The van der Waals surface area contributed by atoms with Crippen LogP contribution in [0.4, 0.5) is 0 Å². The first-order valence-corrected chi connectivity index (χ1v) is 6.52. The van der Waals surface area contributed by atoms with Crippen molar-refractivity contribution in [2.75, 3.05) is 0 Å². The maximum Gasteiger partial charge on any atom is 0.307 e. The zero-order valence-electron chi connectivity index (χ0n) is 12.0. The van der Waals surface area contributed by atoms with Crippen molar-refractivity contribution in [1.82, 2.24) is 9.78 Å². The number of carbonyl (C=O) groups is 1. The third-order valence-electron chi connectivity index (χ3n) is 3.46. The smallest absolute Gasteiger partial charge is 0.307 e. The molecular formula is C14H24N2O2. The molecule has 0 radical (unpaired) electrons. The van der Waals surface area contributed by atoms with Gasteiger partial charge >= 0.3 is 5.97 Å². The lowest BCUT2D eigenvalue weighted by Gasteiger charge is -2.26. The fourth-order valence-corrected chi connectivity index (χ4v) is 1.89. The average Bonchev–Trinajstić information content (AvgIpc) is 2.71. The van der Waals surface area contributed by atoms with Crippen LogP contribution in [0.1, 0.15) is 52.8 Å². The number of rotatable bonds is 5. The van der Waals surface area contributed by atoms with Gasteiger partial charge in [0, 0.05) is 18.7 Å². The third-order valence-corrected chi connectivity index (χ3v) is 3.46. The Hall–Kier alpha value is -1.32. The first-order valence-electron chi connectivity index (χ1n) is 6.52. The van der Waals surface area contributed by atoms with Gasteiger partial charge in [0.2, 0.25) is 0 Å². The van der Waals surface area contributed by atoms with Crippen LogP contribution < -0.4 is 0 Å². The molecule has 0 saturated carbocycles. The Morgan fingerprint density at radius 3 is 2.56 bits per heavy atom. The second kappa shape index (κ2) is 5.55. The topological polar surface area (TPSA) is 55.1 Å². The van der Waals surface area contributed by atoms with E-state index in [4.69, 9.17) is 0 Å². The van der Waals surface area contributed by atoms with E-state index < -0.39 is 11.9 Å². The Kier molecular flexibility index (Phi) is 4.54. The van der Waals surface area contributed by atoms with Crippen LogP contribution in [0.5, 0.6) is 0 Å². The van der Waals surface area contributed by atoms with Gasteiger partial charge in [0.05, 0.1) is 11.6 Å². The first-order chi connectivity index (χ1) is 8.25. The number of carboxylic acids is 1. The molecule has 4 nitrogen and oxygen atoms in total. The summed E-state index contributed by atoms with van der Waals surface area (Å²) in [5.74, 6) is -1.15. The molecule has 18 heavy (non-hydrogen) atoms. The predicted molar refractivity (Wildman–Crippen MR) is 71.5 cm³/mol. The zero-order valence-corrected chi connectivity index (χ0v) is 12.0. The Labute approximate surface area is 109 Å². The van der Waals surface area contributed by atoms with Gasteiger partial charge in [-0.15, -0.1) is 0 Å². The maximum atomic E-state index is 11.3. The highest BCUT2D eigenvalue weighted by Gasteiger charge is 2.31. The van der Waals surface area contributed by atoms with E-state index in [1.807, 2.05) is 37.7 Å². The third kappa shape index (κ3) is 3.59. The molecule has 2 atom stereocenters. The molecule has 0 fully saturated rings. The van der Waals surface area contributed by atoms with Gasteiger partial charge in [-0.3, -0.25) is 9.48 Å². The van der Waals surface area contributed by atoms with Gasteiger partial charge in [-0.1, -0.05) is 27.7 Å². The van der Waals surface area contributed by atoms with Crippen LogP contribution in [0.3, 0.4) is 0 Å². The van der Waals surface area contributed by atoms with Crippen LogP contribution in [-0.2, 0) is 11.2 Å². The minimum absolute atomic E-state index is 0.258. The molecule has 0 bridgehead atoms. The molecule has 0 saturated heterocycles. The van der Waals surface area contributed by atoms with Crippen LogP contribution >= 0.6 is 0 Å². The summed E-state index contributed by atoms with van der Waals surface area (Å²) in [6.07, 6.45) is 3.44. The number of carboxylic acid groups (broad SMARTS) is 1. The van der Waals surface area contributed by atoms with Gasteiger partial charge < -0.3 is 5.11 Å². The van der Waals surface area contributed by atoms with E-state index in [-0.39, 0.29) is 5.41 Å². The molecule has 0 aromatic carbocycles. The lowest BCUT2D eigenvalue weighted by atomic mass is 9.78. The van der Waals surface area contributed by atoms with Crippen molar-refractivity contribution >= 4 is 5.97 Å². The minimum Gasteiger partial charge on any atom is -0.481 e. The molecule has 2 unspecified atom stereocenters. The van der Waals surface area contributed by atoms with E-state index in [1.54, 1.807) is 0 Å². The Bertz CT molecular complexity index is 404. The van der Waals surface area contributed by atoms with E-state index in [9.17, 15) is 9.90 Å². The van der Waals surface area contributed by atoms with Gasteiger partial charge in [0.1, 0.15) is 0 Å². The molecular weight excluding hydrogens is 228 g/mol. The van der Waals surface area contributed by atoms with Crippen LogP contribution in [0.15, 0.2) is 12.3 Å². The largest absolute Gasteiger partial charge is 0.481 e. The van der Waals surface area contributed by atoms with Crippen molar-refractivity contribution in [3.8, 4) is 0 Å². The van der Waals surface area contributed by atoms with Crippen LogP contribution in [0.25, 0.3) is 0 Å². The fourth-order valence-electron chi connectivity index (χ4n) is 1.89. The van der Waals surface area contributed by atoms with Gasteiger partial charge in [-0.2, -0.15) is 5.10 Å². The summed E-state index contributed by atoms with van der Waals surface area (Å²) in [6, 6.07) is 2.28. The summed E-state index contributed by atoms with van der Waals surface area (Å²) in [4.78, 5) is 11.3. The van der Waals surface area contributed by atoms with E-state index in [2.05, 4.69) is 18.9 Å². The average molecular weight is 252 g/mol. The molecule has 1 rings (SSSR count). The fraction of sp³-hybridized carbons (Fsp3) is 0.714. The highest BCUT2D eigenvalue weighted by Crippen LogP contribution is 2.29. The molecule has 0 aliphatic rings. The minimum atomic E-state index is -0.749. The molecule has 102 valence electrons. The highest BCUT2D eigenvalue weighted by molar-refractivity contribution is 5.71. The molecule has 1 heterocycles. The van der Waals surface area contributed by atoms with E-state index in [1.165, 1.54) is 0 Å². The summed E-state index contributed by atoms with van der Waals surface area (Å²) >= 11 is 0. The van der Waals surface area contributed by atoms with Crippen molar-refractivity contribution in [2.45, 2.75) is 53.5 Å². The molecule has 0 spiro atoms. The summed E-state index contributed by atoms with van der Waals surface area (Å²) < 4.78 is 1.91. The summed E-state index contributed by atoms with van der Waals surface area (Å²) in [7, 11) is 0. The van der Waals surface area contributed by atoms with Gasteiger partial charge in [-0.25, -0.2) is 0 Å². The number of nitrogens with zero attached hydrogens (tertiary/aromatic N) is 2. The van der Waals surface area contributed by atoms with E-state index >= 15 is 0 Å². The molecule has 4 heteroatoms. The normalized spacial score (nSPS) is 15.4. The number of hydrogen-bond donors (Lipinski definition) is 1. The molecule has 1 aromatic rings. The predicted octanol–water partition coefficient (Wildman–Crippen LogP) is 3.14. The van der Waals surface area contributed by atoms with Crippen molar-refractivity contribution in [1.29, 1.82) is 0 Å². The van der Waals surface area contributed by atoms with Crippen LogP contribution in [-0.4, -0.2) is 20.9 Å². The molecule has 1 N–H and O–H groups in total. The second-order valence-electron chi connectivity index (χ2n) is 6.01. The summed E-state index contributed by atoms with van der Waals surface area (Å²) in [5, 5.41) is 13.8. The Morgan fingerprint density at radius 2 is 2.11 bits per heavy atom. The Morgan fingerprint density at radius 1 is 1.50 bits per heavy atom. The van der Waals surface area contributed by atoms with E-state index in [0.29, 0.717) is 12.5 Å².